The van der Waals surface area contributed by atoms with Crippen LogP contribution in [0.4, 0.5) is 0 Å². The normalized spacial score (nSPS) is 24.7. The Kier molecular flexibility index (Phi) is 4.02. The van der Waals surface area contributed by atoms with E-state index >= 15 is 0 Å². The van der Waals surface area contributed by atoms with Crippen LogP contribution in [0.25, 0.3) is 0 Å². The molecule has 0 radical (unpaired) electrons. The molecule has 0 bridgehead atoms. The Morgan fingerprint density at radius 2 is 2.17 bits per heavy atom. The first kappa shape index (κ1) is 13.5. The first-order valence-electron chi connectivity index (χ1n) is 6.35. The molecule has 1 aliphatic rings. The minimum atomic E-state index is -2.99. The molecule has 1 saturated heterocycles. The van der Waals surface area contributed by atoms with Crippen molar-refractivity contribution in [1.82, 2.24) is 10.3 Å². The maximum absolute atomic E-state index is 12.2. The summed E-state index contributed by atoms with van der Waals surface area (Å²) in [5.41, 5.74) is 2.02. The molecule has 2 atom stereocenters. The van der Waals surface area contributed by atoms with Gasteiger partial charge in [-0.1, -0.05) is 12.5 Å². The lowest BCUT2D eigenvalue weighted by molar-refractivity contribution is 0.468. The van der Waals surface area contributed by atoms with E-state index in [1.54, 1.807) is 12.4 Å². The van der Waals surface area contributed by atoms with Gasteiger partial charge in [0, 0.05) is 12.4 Å². The van der Waals surface area contributed by atoms with Crippen LogP contribution in [-0.2, 0) is 9.84 Å². The summed E-state index contributed by atoms with van der Waals surface area (Å²) in [4.78, 5) is 4.16. The number of hydrogen-bond donors (Lipinski definition) is 1. The average molecular weight is 268 g/mol. The second-order valence-corrected chi connectivity index (χ2v) is 7.30. The third kappa shape index (κ3) is 2.72. The summed E-state index contributed by atoms with van der Waals surface area (Å²) >= 11 is 0. The van der Waals surface area contributed by atoms with Gasteiger partial charge in [0.1, 0.15) is 0 Å². The number of hydrogen-bond acceptors (Lipinski definition) is 4. The van der Waals surface area contributed by atoms with E-state index in [2.05, 4.69) is 10.3 Å². The Labute approximate surface area is 109 Å². The molecule has 5 heteroatoms. The van der Waals surface area contributed by atoms with Crippen molar-refractivity contribution in [2.75, 3.05) is 12.8 Å². The number of sulfone groups is 1. The molecule has 0 saturated carbocycles. The molecule has 2 heterocycles. The van der Waals surface area contributed by atoms with Gasteiger partial charge >= 0.3 is 0 Å². The quantitative estimate of drug-likeness (QED) is 0.905. The van der Waals surface area contributed by atoms with Gasteiger partial charge in [0.15, 0.2) is 9.84 Å². The summed E-state index contributed by atoms with van der Waals surface area (Å²) in [6.45, 7) is 1.97. The summed E-state index contributed by atoms with van der Waals surface area (Å²) in [5, 5.41) is 2.83. The van der Waals surface area contributed by atoms with E-state index in [9.17, 15) is 8.42 Å². The maximum Gasteiger partial charge on any atom is 0.155 e. The fourth-order valence-electron chi connectivity index (χ4n) is 2.67. The SMILES string of the molecule is CNC(c1cncc(C)c1)C1CCCCS1(=O)=O. The van der Waals surface area contributed by atoms with Gasteiger partial charge in [0.05, 0.1) is 17.0 Å². The zero-order valence-electron chi connectivity index (χ0n) is 10.9. The van der Waals surface area contributed by atoms with Crippen LogP contribution >= 0.6 is 0 Å². The van der Waals surface area contributed by atoms with Crippen molar-refractivity contribution in [2.24, 2.45) is 0 Å². The largest absolute Gasteiger partial charge is 0.312 e. The minimum Gasteiger partial charge on any atom is -0.312 e. The number of nitrogens with one attached hydrogen (secondary N) is 1. The van der Waals surface area contributed by atoms with Crippen LogP contribution in [0.5, 0.6) is 0 Å². The molecule has 0 aromatic carbocycles. The predicted octanol–water partition coefficient (Wildman–Crippen LogP) is 1.62. The first-order chi connectivity index (χ1) is 8.54. The second kappa shape index (κ2) is 5.36. The van der Waals surface area contributed by atoms with E-state index in [-0.39, 0.29) is 11.3 Å². The highest BCUT2D eigenvalue weighted by atomic mass is 32.2. The highest BCUT2D eigenvalue weighted by Crippen LogP contribution is 2.30. The Morgan fingerprint density at radius 1 is 1.39 bits per heavy atom. The first-order valence-corrected chi connectivity index (χ1v) is 8.06. The zero-order valence-corrected chi connectivity index (χ0v) is 11.7. The standard InChI is InChI=1S/C13H20N2O2S/c1-10-7-11(9-15-8-10)13(14-2)12-5-3-4-6-18(12,16)17/h7-9,12-14H,3-6H2,1-2H3. The number of aromatic nitrogens is 1. The average Bonchev–Trinajstić information content (AvgIpc) is 2.32. The predicted molar refractivity (Wildman–Crippen MR) is 72.2 cm³/mol. The molecule has 1 aromatic heterocycles. The van der Waals surface area contributed by atoms with Crippen molar-refractivity contribution in [2.45, 2.75) is 37.5 Å². The fraction of sp³-hybridized carbons (Fsp3) is 0.615. The van der Waals surface area contributed by atoms with Gasteiger partial charge in [-0.05, 0) is 37.9 Å². The molecule has 1 fully saturated rings. The molecule has 4 nitrogen and oxygen atoms in total. The van der Waals surface area contributed by atoms with Gasteiger partial charge in [0.2, 0.25) is 0 Å². The smallest absolute Gasteiger partial charge is 0.155 e. The third-order valence-electron chi connectivity index (χ3n) is 3.57. The van der Waals surface area contributed by atoms with E-state index in [1.807, 2.05) is 20.0 Å². The minimum absolute atomic E-state index is 0.150. The Morgan fingerprint density at radius 3 is 2.78 bits per heavy atom. The molecule has 2 unspecified atom stereocenters. The van der Waals surface area contributed by atoms with E-state index in [0.717, 1.165) is 30.4 Å². The Hall–Kier alpha value is -0.940. The lowest BCUT2D eigenvalue weighted by atomic mass is 10.00. The molecule has 1 aliphatic heterocycles. The van der Waals surface area contributed by atoms with E-state index in [0.29, 0.717) is 5.75 Å². The summed E-state index contributed by atoms with van der Waals surface area (Å²) in [6, 6.07) is 1.86. The highest BCUT2D eigenvalue weighted by Gasteiger charge is 2.35. The molecular formula is C13H20N2O2S. The van der Waals surface area contributed by atoms with Crippen molar-refractivity contribution >= 4 is 9.84 Å². The number of nitrogens with zero attached hydrogens (tertiary/aromatic N) is 1. The van der Waals surface area contributed by atoms with Crippen molar-refractivity contribution in [3.8, 4) is 0 Å². The van der Waals surface area contributed by atoms with Crippen LogP contribution in [0.2, 0.25) is 0 Å². The van der Waals surface area contributed by atoms with Gasteiger partial charge < -0.3 is 5.32 Å². The summed E-state index contributed by atoms with van der Waals surface area (Å²) in [5.74, 6) is 0.315. The van der Waals surface area contributed by atoms with Crippen LogP contribution in [0.3, 0.4) is 0 Å². The monoisotopic (exact) mass is 268 g/mol. The zero-order chi connectivity index (χ0) is 13.2. The van der Waals surface area contributed by atoms with Crippen molar-refractivity contribution in [3.05, 3.63) is 29.6 Å². The molecule has 2 rings (SSSR count). The molecule has 0 aliphatic carbocycles. The summed E-state index contributed by atoms with van der Waals surface area (Å²) in [7, 11) is -1.17. The molecule has 100 valence electrons. The van der Waals surface area contributed by atoms with Gasteiger partial charge in [-0.3, -0.25) is 4.98 Å². The van der Waals surface area contributed by atoms with Crippen molar-refractivity contribution in [1.29, 1.82) is 0 Å². The molecule has 0 spiro atoms. The number of aryl methyl sites for hydroxylation is 1. The molecular weight excluding hydrogens is 248 g/mol. The Balaban J connectivity index is 2.33. The van der Waals surface area contributed by atoms with Gasteiger partial charge in [0.25, 0.3) is 0 Å². The molecule has 1 N–H and O–H groups in total. The molecule has 18 heavy (non-hydrogen) atoms. The van der Waals surface area contributed by atoms with Crippen molar-refractivity contribution in [3.63, 3.8) is 0 Å². The van der Waals surface area contributed by atoms with E-state index in [4.69, 9.17) is 0 Å². The van der Waals surface area contributed by atoms with Gasteiger partial charge in [-0.15, -0.1) is 0 Å². The summed E-state index contributed by atoms with van der Waals surface area (Å²) in [6.07, 6.45) is 6.06. The molecule has 1 aromatic rings. The van der Waals surface area contributed by atoms with Gasteiger partial charge in [-0.25, -0.2) is 8.42 Å². The topological polar surface area (TPSA) is 59.1 Å². The van der Waals surface area contributed by atoms with Crippen LogP contribution in [0, 0.1) is 6.92 Å². The highest BCUT2D eigenvalue weighted by molar-refractivity contribution is 7.92. The van der Waals surface area contributed by atoms with Crippen LogP contribution in [0.15, 0.2) is 18.5 Å². The van der Waals surface area contributed by atoms with Crippen molar-refractivity contribution < 1.29 is 8.42 Å². The molecule has 0 amide bonds. The third-order valence-corrected chi connectivity index (χ3v) is 5.85. The maximum atomic E-state index is 12.2. The Bertz CT molecular complexity index is 513. The number of pyridine rings is 1. The van der Waals surface area contributed by atoms with Crippen LogP contribution in [0.1, 0.15) is 36.4 Å². The lowest BCUT2D eigenvalue weighted by Crippen LogP contribution is -2.39. The fourth-order valence-corrected chi connectivity index (χ4v) is 4.81. The van der Waals surface area contributed by atoms with E-state index < -0.39 is 9.84 Å². The van der Waals surface area contributed by atoms with Gasteiger partial charge in [-0.2, -0.15) is 0 Å². The van der Waals surface area contributed by atoms with Crippen LogP contribution < -0.4 is 5.32 Å². The van der Waals surface area contributed by atoms with E-state index in [1.165, 1.54) is 0 Å². The summed E-state index contributed by atoms with van der Waals surface area (Å²) < 4.78 is 24.4. The second-order valence-electron chi connectivity index (χ2n) is 4.96. The number of rotatable bonds is 3. The van der Waals surface area contributed by atoms with Crippen LogP contribution in [-0.4, -0.2) is 31.5 Å². The lowest BCUT2D eigenvalue weighted by Gasteiger charge is -2.30.